The number of anilines is 1. The van der Waals surface area contributed by atoms with Gasteiger partial charge < -0.3 is 19.7 Å². The summed E-state index contributed by atoms with van der Waals surface area (Å²) in [5, 5.41) is 3.46. The van der Waals surface area contributed by atoms with Gasteiger partial charge in [0.1, 0.15) is 11.5 Å². The van der Waals surface area contributed by atoms with E-state index in [1.807, 2.05) is 30.3 Å². The van der Waals surface area contributed by atoms with Crippen molar-refractivity contribution < 1.29 is 19.1 Å². The normalized spacial score (nSPS) is 15.4. The molecule has 0 aromatic heterocycles. The quantitative estimate of drug-likeness (QED) is 0.599. The fourth-order valence-corrected chi connectivity index (χ4v) is 3.78. The summed E-state index contributed by atoms with van der Waals surface area (Å²) in [6.45, 7) is 2.47. The fourth-order valence-electron chi connectivity index (χ4n) is 3.65. The number of hydrogen-bond donors (Lipinski definition) is 1. The third-order valence-electron chi connectivity index (χ3n) is 5.30. The van der Waals surface area contributed by atoms with Crippen molar-refractivity contribution in [2.75, 3.05) is 12.4 Å². The van der Waals surface area contributed by atoms with Crippen LogP contribution in [0.2, 0.25) is 5.02 Å². The molecule has 7 heteroatoms. The average molecular weight is 451 g/mol. The number of para-hydroxylation sites is 1. The van der Waals surface area contributed by atoms with Gasteiger partial charge in [-0.25, -0.2) is 0 Å². The van der Waals surface area contributed by atoms with Crippen molar-refractivity contribution in [2.24, 2.45) is 0 Å². The van der Waals surface area contributed by atoms with Crippen LogP contribution in [0.5, 0.6) is 11.5 Å². The van der Waals surface area contributed by atoms with Gasteiger partial charge in [-0.15, -0.1) is 0 Å². The standard InChI is InChI=1S/C25H23ClN2O4/c1-16-25(30)28(14-18-5-3-4-6-22(18)31-2)15-19-13-21(11-12-23(19)32-16)27-24(29)17-7-9-20(26)10-8-17/h3-13,16H,14-15H2,1-2H3,(H,27,29)/t16-/m1/s1. The van der Waals surface area contributed by atoms with Crippen molar-refractivity contribution in [3.63, 3.8) is 0 Å². The van der Waals surface area contributed by atoms with E-state index in [2.05, 4.69) is 5.32 Å². The molecule has 0 spiro atoms. The van der Waals surface area contributed by atoms with Crippen molar-refractivity contribution in [3.8, 4) is 11.5 Å². The van der Waals surface area contributed by atoms with Crippen LogP contribution in [0.3, 0.4) is 0 Å². The summed E-state index contributed by atoms with van der Waals surface area (Å²) in [6, 6.07) is 19.7. The first kappa shape index (κ1) is 21.7. The Labute approximate surface area is 191 Å². The Hall–Kier alpha value is -3.51. The highest BCUT2D eigenvalue weighted by molar-refractivity contribution is 6.30. The molecule has 4 rings (SSSR count). The number of carbonyl (C=O) groups excluding carboxylic acids is 2. The number of fused-ring (bicyclic) bond motifs is 1. The lowest BCUT2D eigenvalue weighted by atomic mass is 10.1. The Balaban J connectivity index is 1.57. The van der Waals surface area contributed by atoms with Crippen LogP contribution in [0, 0.1) is 0 Å². The number of benzene rings is 3. The third-order valence-corrected chi connectivity index (χ3v) is 5.55. The maximum Gasteiger partial charge on any atom is 0.263 e. The number of ether oxygens (including phenoxy) is 2. The van der Waals surface area contributed by atoms with E-state index < -0.39 is 6.10 Å². The maximum atomic E-state index is 13.0. The Morgan fingerprint density at radius 2 is 1.91 bits per heavy atom. The number of rotatable bonds is 5. The molecule has 1 atom stereocenters. The van der Waals surface area contributed by atoms with Crippen molar-refractivity contribution in [2.45, 2.75) is 26.1 Å². The van der Waals surface area contributed by atoms with Gasteiger partial charge in [-0.05, 0) is 55.5 Å². The molecule has 3 aromatic carbocycles. The van der Waals surface area contributed by atoms with Gasteiger partial charge in [0.05, 0.1) is 7.11 Å². The molecule has 32 heavy (non-hydrogen) atoms. The topological polar surface area (TPSA) is 67.9 Å². The first-order valence-electron chi connectivity index (χ1n) is 10.2. The predicted octanol–water partition coefficient (Wildman–Crippen LogP) is 4.91. The number of nitrogens with one attached hydrogen (secondary N) is 1. The molecule has 0 saturated carbocycles. The van der Waals surface area contributed by atoms with Gasteiger partial charge in [-0.1, -0.05) is 29.8 Å². The number of methoxy groups -OCH3 is 1. The first-order valence-corrected chi connectivity index (χ1v) is 10.6. The van der Waals surface area contributed by atoms with Crippen molar-refractivity contribution in [1.82, 2.24) is 4.90 Å². The minimum atomic E-state index is -0.625. The molecule has 1 aliphatic heterocycles. The largest absolute Gasteiger partial charge is 0.496 e. The molecule has 6 nitrogen and oxygen atoms in total. The second-order valence-electron chi connectivity index (χ2n) is 7.55. The summed E-state index contributed by atoms with van der Waals surface area (Å²) in [7, 11) is 1.61. The van der Waals surface area contributed by atoms with E-state index in [9.17, 15) is 9.59 Å². The Kier molecular flexibility index (Phi) is 6.32. The summed E-state index contributed by atoms with van der Waals surface area (Å²) in [4.78, 5) is 27.3. The Morgan fingerprint density at radius 3 is 2.66 bits per heavy atom. The molecule has 0 unspecified atom stereocenters. The second-order valence-corrected chi connectivity index (χ2v) is 7.99. The zero-order valence-electron chi connectivity index (χ0n) is 17.8. The summed E-state index contributed by atoms with van der Waals surface area (Å²) >= 11 is 5.90. The summed E-state index contributed by atoms with van der Waals surface area (Å²) in [5.74, 6) is 0.991. The number of amides is 2. The number of hydrogen-bond acceptors (Lipinski definition) is 4. The predicted molar refractivity (Wildman–Crippen MR) is 123 cm³/mol. The van der Waals surface area contributed by atoms with E-state index in [0.29, 0.717) is 35.1 Å². The summed E-state index contributed by atoms with van der Waals surface area (Å²) < 4.78 is 11.3. The molecule has 164 valence electrons. The molecule has 0 aliphatic carbocycles. The number of carbonyl (C=O) groups is 2. The molecule has 0 radical (unpaired) electrons. The van der Waals surface area contributed by atoms with E-state index >= 15 is 0 Å². The highest BCUT2D eigenvalue weighted by Crippen LogP contribution is 2.30. The monoisotopic (exact) mass is 450 g/mol. The molecule has 0 fully saturated rings. The number of halogens is 1. The van der Waals surface area contributed by atoms with Crippen LogP contribution in [0.1, 0.15) is 28.4 Å². The Bertz CT molecular complexity index is 1150. The van der Waals surface area contributed by atoms with Gasteiger partial charge in [0.2, 0.25) is 0 Å². The van der Waals surface area contributed by atoms with Gasteiger partial charge in [0.15, 0.2) is 6.10 Å². The minimum Gasteiger partial charge on any atom is -0.496 e. The number of nitrogens with zero attached hydrogens (tertiary/aromatic N) is 1. The smallest absolute Gasteiger partial charge is 0.263 e. The van der Waals surface area contributed by atoms with E-state index in [4.69, 9.17) is 21.1 Å². The average Bonchev–Trinajstić information content (AvgIpc) is 2.91. The van der Waals surface area contributed by atoms with E-state index in [1.54, 1.807) is 55.3 Å². The van der Waals surface area contributed by atoms with Gasteiger partial charge in [0.25, 0.3) is 11.8 Å². The lowest BCUT2D eigenvalue weighted by molar-refractivity contribution is -0.138. The van der Waals surface area contributed by atoms with Crippen molar-refractivity contribution in [3.05, 3.63) is 88.4 Å². The zero-order chi connectivity index (χ0) is 22.7. The fraction of sp³-hybridized carbons (Fsp3) is 0.200. The Morgan fingerprint density at radius 1 is 1.16 bits per heavy atom. The highest BCUT2D eigenvalue weighted by atomic mass is 35.5. The van der Waals surface area contributed by atoms with Gasteiger partial charge in [-0.2, -0.15) is 0 Å². The van der Waals surface area contributed by atoms with Crippen LogP contribution in [0.4, 0.5) is 5.69 Å². The molecule has 1 N–H and O–H groups in total. The first-order chi connectivity index (χ1) is 15.4. The second kappa shape index (κ2) is 9.32. The van der Waals surface area contributed by atoms with Crippen molar-refractivity contribution in [1.29, 1.82) is 0 Å². The molecule has 2 amide bonds. The molecular weight excluding hydrogens is 428 g/mol. The van der Waals surface area contributed by atoms with E-state index in [-0.39, 0.29) is 11.8 Å². The summed E-state index contributed by atoms with van der Waals surface area (Å²) in [6.07, 6.45) is -0.625. The van der Waals surface area contributed by atoms with E-state index in [1.165, 1.54) is 0 Å². The van der Waals surface area contributed by atoms with Gasteiger partial charge in [-0.3, -0.25) is 9.59 Å². The van der Waals surface area contributed by atoms with Gasteiger partial charge in [0, 0.05) is 40.5 Å². The van der Waals surface area contributed by atoms with Crippen LogP contribution in [0.25, 0.3) is 0 Å². The molecule has 0 saturated heterocycles. The molecular formula is C25H23ClN2O4. The molecule has 3 aromatic rings. The minimum absolute atomic E-state index is 0.112. The van der Waals surface area contributed by atoms with Crippen molar-refractivity contribution >= 4 is 29.1 Å². The van der Waals surface area contributed by atoms with Crippen LogP contribution in [-0.2, 0) is 17.9 Å². The third kappa shape index (κ3) is 4.70. The summed E-state index contributed by atoms with van der Waals surface area (Å²) in [5.41, 5.74) is 2.84. The van der Waals surface area contributed by atoms with Crippen LogP contribution in [-0.4, -0.2) is 29.9 Å². The molecule has 1 aliphatic rings. The SMILES string of the molecule is COc1ccccc1CN1Cc2cc(NC(=O)c3ccc(Cl)cc3)ccc2O[C@H](C)C1=O. The lowest BCUT2D eigenvalue weighted by Gasteiger charge is -2.23. The zero-order valence-corrected chi connectivity index (χ0v) is 18.6. The highest BCUT2D eigenvalue weighted by Gasteiger charge is 2.28. The van der Waals surface area contributed by atoms with Crippen LogP contribution >= 0.6 is 11.6 Å². The maximum absolute atomic E-state index is 13.0. The molecule has 0 bridgehead atoms. The van der Waals surface area contributed by atoms with Crippen LogP contribution in [0.15, 0.2) is 66.7 Å². The van der Waals surface area contributed by atoms with Gasteiger partial charge >= 0.3 is 0 Å². The van der Waals surface area contributed by atoms with Crippen LogP contribution < -0.4 is 14.8 Å². The van der Waals surface area contributed by atoms with E-state index in [0.717, 1.165) is 16.9 Å². The molecule has 1 heterocycles. The lowest BCUT2D eigenvalue weighted by Crippen LogP contribution is -2.37.